The van der Waals surface area contributed by atoms with E-state index in [2.05, 4.69) is 28.0 Å². The molecule has 0 fully saturated rings. The molecule has 2 aromatic heterocycles. The molecule has 0 aliphatic rings. The van der Waals surface area contributed by atoms with E-state index in [1.807, 2.05) is 50.2 Å². The highest BCUT2D eigenvalue weighted by Crippen LogP contribution is 2.17. The Morgan fingerprint density at radius 3 is 2.70 bits per heavy atom. The van der Waals surface area contributed by atoms with E-state index in [9.17, 15) is 0 Å². The lowest BCUT2D eigenvalue weighted by molar-refractivity contribution is 0.845. The molecule has 0 amide bonds. The highest BCUT2D eigenvalue weighted by Gasteiger charge is 2.08. The van der Waals surface area contributed by atoms with Gasteiger partial charge in [-0.1, -0.05) is 12.0 Å². The molecule has 2 heterocycles. The quantitative estimate of drug-likeness (QED) is 0.648. The fourth-order valence-corrected chi connectivity index (χ4v) is 2.31. The number of hydrogen-bond acceptors (Lipinski definition) is 3. The van der Waals surface area contributed by atoms with Crippen LogP contribution in [0.2, 0.25) is 0 Å². The molecule has 0 atom stereocenters. The summed E-state index contributed by atoms with van der Waals surface area (Å²) in [5.41, 5.74) is 5.01. The van der Waals surface area contributed by atoms with Gasteiger partial charge in [-0.2, -0.15) is 10.4 Å². The third kappa shape index (κ3) is 3.12. The minimum Gasteiger partial charge on any atom is -0.248 e. The maximum Gasteiger partial charge on any atom is 0.113 e. The summed E-state index contributed by atoms with van der Waals surface area (Å²) in [4.78, 5) is 4.19. The van der Waals surface area contributed by atoms with Gasteiger partial charge in [0.1, 0.15) is 5.69 Å². The molecule has 0 aliphatic carbocycles. The van der Waals surface area contributed by atoms with Crippen LogP contribution in [-0.2, 0) is 0 Å². The molecule has 23 heavy (non-hydrogen) atoms. The number of aryl methyl sites for hydroxylation is 1. The molecule has 0 bridgehead atoms. The van der Waals surface area contributed by atoms with Crippen LogP contribution in [-0.4, -0.2) is 14.8 Å². The van der Waals surface area contributed by atoms with Gasteiger partial charge in [-0.15, -0.1) is 0 Å². The summed E-state index contributed by atoms with van der Waals surface area (Å²) < 4.78 is 1.80. The molecule has 0 saturated carbocycles. The first-order chi connectivity index (χ1) is 11.2. The molecule has 110 valence electrons. The third-order valence-corrected chi connectivity index (χ3v) is 3.44. The Kier molecular flexibility index (Phi) is 3.91. The van der Waals surface area contributed by atoms with Crippen LogP contribution in [0.4, 0.5) is 0 Å². The Morgan fingerprint density at radius 1 is 1.09 bits per heavy atom. The zero-order valence-electron chi connectivity index (χ0n) is 12.9. The molecule has 3 aromatic rings. The Labute approximate surface area is 135 Å². The van der Waals surface area contributed by atoms with Gasteiger partial charge in [0.2, 0.25) is 0 Å². The van der Waals surface area contributed by atoms with Crippen molar-refractivity contribution in [1.82, 2.24) is 14.8 Å². The summed E-state index contributed by atoms with van der Waals surface area (Å²) in [6.07, 6.45) is 3.45. The van der Waals surface area contributed by atoms with E-state index in [1.54, 1.807) is 17.1 Å². The summed E-state index contributed by atoms with van der Waals surface area (Å²) >= 11 is 0. The standard InChI is InChI=1S/C19H14N4/c1-14-9-16(12-20)11-19(10-14)23-15(2)17(13-22-23)6-7-18-5-3-4-8-21-18/h3-5,8-11,13H,1-2H3. The maximum atomic E-state index is 9.11. The summed E-state index contributed by atoms with van der Waals surface area (Å²) in [7, 11) is 0. The van der Waals surface area contributed by atoms with Crippen LogP contribution < -0.4 is 0 Å². The molecule has 0 N–H and O–H groups in total. The van der Waals surface area contributed by atoms with Gasteiger partial charge in [0.25, 0.3) is 0 Å². The maximum absolute atomic E-state index is 9.11. The topological polar surface area (TPSA) is 54.5 Å². The SMILES string of the molecule is Cc1cc(C#N)cc(-n2ncc(C#Cc3ccccn3)c2C)c1. The van der Waals surface area contributed by atoms with Crippen LogP contribution in [0.15, 0.2) is 48.8 Å². The van der Waals surface area contributed by atoms with Gasteiger partial charge in [-0.25, -0.2) is 9.67 Å². The van der Waals surface area contributed by atoms with Crippen molar-refractivity contribution in [2.24, 2.45) is 0 Å². The van der Waals surface area contributed by atoms with E-state index in [0.717, 1.165) is 28.2 Å². The van der Waals surface area contributed by atoms with Crippen LogP contribution >= 0.6 is 0 Å². The molecule has 4 heteroatoms. The van der Waals surface area contributed by atoms with Crippen molar-refractivity contribution in [3.63, 3.8) is 0 Å². The lowest BCUT2D eigenvalue weighted by Crippen LogP contribution is -2.00. The van der Waals surface area contributed by atoms with Crippen molar-refractivity contribution >= 4 is 0 Å². The van der Waals surface area contributed by atoms with E-state index in [0.29, 0.717) is 5.56 Å². The second-order valence-corrected chi connectivity index (χ2v) is 5.19. The van der Waals surface area contributed by atoms with Gasteiger partial charge in [0.05, 0.1) is 34.8 Å². The number of aromatic nitrogens is 3. The van der Waals surface area contributed by atoms with Crippen molar-refractivity contribution in [2.45, 2.75) is 13.8 Å². The zero-order valence-corrected chi connectivity index (χ0v) is 12.9. The highest BCUT2D eigenvalue weighted by atomic mass is 15.3. The molecular weight excluding hydrogens is 284 g/mol. The van der Waals surface area contributed by atoms with Gasteiger partial charge < -0.3 is 0 Å². The van der Waals surface area contributed by atoms with Crippen LogP contribution in [0.1, 0.15) is 28.1 Å². The highest BCUT2D eigenvalue weighted by molar-refractivity contribution is 5.48. The van der Waals surface area contributed by atoms with Gasteiger partial charge in [0, 0.05) is 6.20 Å². The van der Waals surface area contributed by atoms with Crippen LogP contribution in [0.25, 0.3) is 5.69 Å². The number of rotatable bonds is 1. The zero-order chi connectivity index (χ0) is 16.2. The summed E-state index contributed by atoms with van der Waals surface area (Å²) in [5.74, 6) is 6.14. The third-order valence-electron chi connectivity index (χ3n) is 3.44. The fraction of sp³-hybridized carbons (Fsp3) is 0.105. The van der Waals surface area contributed by atoms with Crippen molar-refractivity contribution < 1.29 is 0 Å². The summed E-state index contributed by atoms with van der Waals surface area (Å²) in [6.45, 7) is 3.93. The Balaban J connectivity index is 1.99. The predicted octanol–water partition coefficient (Wildman–Crippen LogP) is 3.16. The second-order valence-electron chi connectivity index (χ2n) is 5.19. The van der Waals surface area contributed by atoms with Crippen molar-refractivity contribution in [3.8, 4) is 23.6 Å². The Hall–Kier alpha value is -3.37. The monoisotopic (exact) mass is 298 g/mol. The first kappa shape index (κ1) is 14.6. The van der Waals surface area contributed by atoms with Crippen molar-refractivity contribution in [1.29, 1.82) is 5.26 Å². The Morgan fingerprint density at radius 2 is 1.96 bits per heavy atom. The van der Waals surface area contributed by atoms with E-state index in [1.165, 1.54) is 0 Å². The van der Waals surface area contributed by atoms with E-state index in [4.69, 9.17) is 5.26 Å². The van der Waals surface area contributed by atoms with Crippen LogP contribution in [0, 0.1) is 37.0 Å². The molecule has 0 spiro atoms. The molecule has 4 nitrogen and oxygen atoms in total. The molecule has 1 aromatic carbocycles. The van der Waals surface area contributed by atoms with Gasteiger partial charge in [-0.05, 0) is 55.7 Å². The van der Waals surface area contributed by atoms with Crippen molar-refractivity contribution in [3.05, 3.63) is 76.9 Å². The molecule has 0 aliphatic heterocycles. The van der Waals surface area contributed by atoms with E-state index >= 15 is 0 Å². The van der Waals surface area contributed by atoms with Crippen LogP contribution in [0.3, 0.4) is 0 Å². The van der Waals surface area contributed by atoms with Crippen LogP contribution in [0.5, 0.6) is 0 Å². The lowest BCUT2D eigenvalue weighted by atomic mass is 10.1. The average molecular weight is 298 g/mol. The first-order valence-corrected chi connectivity index (χ1v) is 7.17. The van der Waals surface area contributed by atoms with Gasteiger partial charge >= 0.3 is 0 Å². The molecule has 0 unspecified atom stereocenters. The number of nitrogens with zero attached hydrogens (tertiary/aromatic N) is 4. The summed E-state index contributed by atoms with van der Waals surface area (Å²) in [6, 6.07) is 13.5. The second kappa shape index (κ2) is 6.17. The number of benzene rings is 1. The number of hydrogen-bond donors (Lipinski definition) is 0. The van der Waals surface area contributed by atoms with E-state index < -0.39 is 0 Å². The number of pyridine rings is 1. The largest absolute Gasteiger partial charge is 0.248 e. The smallest absolute Gasteiger partial charge is 0.113 e. The first-order valence-electron chi connectivity index (χ1n) is 7.17. The fourth-order valence-electron chi connectivity index (χ4n) is 2.31. The molecule has 3 rings (SSSR count). The average Bonchev–Trinajstić information content (AvgIpc) is 2.94. The normalized spacial score (nSPS) is 9.78. The minimum atomic E-state index is 0.621. The van der Waals surface area contributed by atoms with Gasteiger partial charge in [0.15, 0.2) is 0 Å². The number of nitriles is 1. The minimum absolute atomic E-state index is 0.621. The van der Waals surface area contributed by atoms with E-state index in [-0.39, 0.29) is 0 Å². The predicted molar refractivity (Wildman–Crippen MR) is 88.0 cm³/mol. The molecule has 0 radical (unpaired) electrons. The summed E-state index contributed by atoms with van der Waals surface area (Å²) in [5, 5.41) is 13.5. The lowest BCUT2D eigenvalue weighted by Gasteiger charge is -2.06. The molecule has 0 saturated heterocycles. The van der Waals surface area contributed by atoms with Crippen molar-refractivity contribution in [2.75, 3.05) is 0 Å². The molecular formula is C19H14N4. The van der Waals surface area contributed by atoms with Gasteiger partial charge in [-0.3, -0.25) is 0 Å². The Bertz CT molecular complexity index is 951.